The fourth-order valence-electron chi connectivity index (χ4n) is 1.82. The van der Waals surface area contributed by atoms with Gasteiger partial charge in [-0.05, 0) is 55.6 Å². The van der Waals surface area contributed by atoms with Gasteiger partial charge in [-0.15, -0.1) is 0 Å². The molecule has 0 saturated heterocycles. The van der Waals surface area contributed by atoms with Crippen molar-refractivity contribution in [3.8, 4) is 0 Å². The first-order valence-electron chi connectivity index (χ1n) is 6.83. The molecule has 0 radical (unpaired) electrons. The monoisotopic (exact) mass is 367 g/mol. The molecule has 6 nitrogen and oxygen atoms in total. The number of benzene rings is 2. The Labute approximate surface area is 144 Å². The zero-order valence-corrected chi connectivity index (χ0v) is 14.2. The molecule has 0 atom stereocenters. The summed E-state index contributed by atoms with van der Waals surface area (Å²) in [4.78, 5) is 23.8. The molecule has 24 heavy (non-hydrogen) atoms. The van der Waals surface area contributed by atoms with Gasteiger partial charge in [-0.2, -0.15) is 0 Å². The summed E-state index contributed by atoms with van der Waals surface area (Å²) < 4.78 is 30.3. The number of sulfonamides is 1. The van der Waals surface area contributed by atoms with Crippen LogP contribution < -0.4 is 4.72 Å². The summed E-state index contributed by atoms with van der Waals surface area (Å²) in [6, 6.07) is 11.4. The zero-order chi connectivity index (χ0) is 17.7. The number of Topliss-reactive ketones (excluding diaryl/α,β-unsaturated/α-hetero) is 1. The van der Waals surface area contributed by atoms with E-state index in [1.54, 1.807) is 12.1 Å². The van der Waals surface area contributed by atoms with Gasteiger partial charge >= 0.3 is 5.97 Å². The first-order valence-corrected chi connectivity index (χ1v) is 8.69. The normalized spacial score (nSPS) is 11.1. The van der Waals surface area contributed by atoms with Crippen molar-refractivity contribution in [1.82, 2.24) is 4.72 Å². The van der Waals surface area contributed by atoms with E-state index in [0.717, 1.165) is 0 Å². The molecule has 0 spiro atoms. The minimum atomic E-state index is -3.57. The van der Waals surface area contributed by atoms with Gasteiger partial charge in [0, 0.05) is 10.6 Å². The fraction of sp³-hybridized carbons (Fsp3) is 0.125. The van der Waals surface area contributed by atoms with E-state index >= 15 is 0 Å². The molecule has 0 aliphatic rings. The average Bonchev–Trinajstić information content (AvgIpc) is 2.60. The number of nitrogens with one attached hydrogen (secondary N) is 1. The number of carbonyl (C=O) groups excluding carboxylic acids is 2. The summed E-state index contributed by atoms with van der Waals surface area (Å²) in [5, 5.41) is 0.500. The molecule has 1 N–H and O–H groups in total. The van der Waals surface area contributed by atoms with E-state index in [-0.39, 0.29) is 16.2 Å². The maximum absolute atomic E-state index is 11.9. The van der Waals surface area contributed by atoms with Crippen LogP contribution in [-0.4, -0.2) is 33.8 Å². The van der Waals surface area contributed by atoms with Gasteiger partial charge in [0.1, 0.15) is 0 Å². The molecule has 0 fully saturated rings. The lowest BCUT2D eigenvalue weighted by molar-refractivity contribution is 0.0474. The number of halogens is 1. The van der Waals surface area contributed by atoms with E-state index in [1.807, 2.05) is 0 Å². The molecule has 0 aromatic heterocycles. The van der Waals surface area contributed by atoms with Crippen molar-refractivity contribution in [2.75, 3.05) is 13.7 Å². The van der Waals surface area contributed by atoms with Gasteiger partial charge in [-0.1, -0.05) is 11.6 Å². The van der Waals surface area contributed by atoms with E-state index in [9.17, 15) is 18.0 Å². The summed E-state index contributed by atoms with van der Waals surface area (Å²) in [5.41, 5.74) is 0.525. The van der Waals surface area contributed by atoms with Gasteiger partial charge in [0.25, 0.3) is 0 Å². The van der Waals surface area contributed by atoms with E-state index in [1.165, 1.54) is 43.4 Å². The molecule has 2 rings (SSSR count). The lowest BCUT2D eigenvalue weighted by Gasteiger charge is -2.06. The quantitative estimate of drug-likeness (QED) is 0.625. The van der Waals surface area contributed by atoms with E-state index in [0.29, 0.717) is 10.6 Å². The summed E-state index contributed by atoms with van der Waals surface area (Å²) >= 11 is 5.74. The van der Waals surface area contributed by atoms with Gasteiger partial charge in [0.2, 0.25) is 10.0 Å². The Balaban J connectivity index is 2.00. The van der Waals surface area contributed by atoms with Crippen molar-refractivity contribution in [2.45, 2.75) is 4.90 Å². The third-order valence-electron chi connectivity index (χ3n) is 3.17. The first kappa shape index (κ1) is 18.1. The van der Waals surface area contributed by atoms with Crippen LogP contribution in [0.5, 0.6) is 0 Å². The minimum absolute atomic E-state index is 0.0267. The van der Waals surface area contributed by atoms with Crippen LogP contribution in [0.3, 0.4) is 0 Å². The molecule has 0 aliphatic heterocycles. The number of esters is 1. The highest BCUT2D eigenvalue weighted by Crippen LogP contribution is 2.12. The molecule has 0 saturated carbocycles. The van der Waals surface area contributed by atoms with Crippen LogP contribution in [0.2, 0.25) is 5.02 Å². The smallest absolute Gasteiger partial charge is 0.338 e. The van der Waals surface area contributed by atoms with Gasteiger partial charge < -0.3 is 4.74 Å². The first-order chi connectivity index (χ1) is 11.3. The third-order valence-corrected chi connectivity index (χ3v) is 4.85. The zero-order valence-electron chi connectivity index (χ0n) is 12.7. The average molecular weight is 368 g/mol. The van der Waals surface area contributed by atoms with E-state index in [2.05, 4.69) is 4.72 Å². The summed E-state index contributed by atoms with van der Waals surface area (Å²) in [6.45, 7) is -0.420. The molecule has 126 valence electrons. The van der Waals surface area contributed by atoms with Crippen LogP contribution >= 0.6 is 11.6 Å². The van der Waals surface area contributed by atoms with Gasteiger partial charge in [0.15, 0.2) is 12.4 Å². The van der Waals surface area contributed by atoms with Crippen molar-refractivity contribution in [3.63, 3.8) is 0 Å². The fourth-order valence-corrected chi connectivity index (χ4v) is 2.68. The lowest BCUT2D eigenvalue weighted by atomic mass is 10.1. The summed E-state index contributed by atoms with van der Waals surface area (Å²) in [6.07, 6.45) is 0. The molecule has 2 aromatic carbocycles. The molecule has 0 unspecified atom stereocenters. The Morgan fingerprint density at radius 1 is 1.00 bits per heavy atom. The van der Waals surface area contributed by atoms with Gasteiger partial charge in [0.05, 0.1) is 10.5 Å². The number of rotatable bonds is 6. The van der Waals surface area contributed by atoms with Crippen molar-refractivity contribution >= 4 is 33.4 Å². The highest BCUT2D eigenvalue weighted by Gasteiger charge is 2.15. The Morgan fingerprint density at radius 3 is 2.08 bits per heavy atom. The van der Waals surface area contributed by atoms with Crippen LogP contribution in [-0.2, 0) is 14.8 Å². The Bertz CT molecular complexity index is 845. The molecular formula is C16H14ClNO5S. The second-order valence-electron chi connectivity index (χ2n) is 4.74. The molecule has 0 amide bonds. The van der Waals surface area contributed by atoms with Crippen LogP contribution in [0.1, 0.15) is 20.7 Å². The lowest BCUT2D eigenvalue weighted by Crippen LogP contribution is -2.19. The Hall–Kier alpha value is -2.22. The Kier molecular flexibility index (Phi) is 5.71. The summed E-state index contributed by atoms with van der Waals surface area (Å²) in [5.74, 6) is -1.08. The van der Waals surface area contributed by atoms with Crippen LogP contribution in [0, 0.1) is 0 Å². The highest BCUT2D eigenvalue weighted by molar-refractivity contribution is 7.89. The van der Waals surface area contributed by atoms with Crippen LogP contribution in [0.25, 0.3) is 0 Å². The van der Waals surface area contributed by atoms with Crippen LogP contribution in [0.15, 0.2) is 53.4 Å². The molecule has 0 bridgehead atoms. The number of hydrogen-bond donors (Lipinski definition) is 1. The van der Waals surface area contributed by atoms with E-state index in [4.69, 9.17) is 16.3 Å². The maximum Gasteiger partial charge on any atom is 0.338 e. The number of carbonyl (C=O) groups is 2. The minimum Gasteiger partial charge on any atom is -0.454 e. The second-order valence-corrected chi connectivity index (χ2v) is 7.06. The molecular weight excluding hydrogens is 354 g/mol. The maximum atomic E-state index is 11.9. The van der Waals surface area contributed by atoms with Crippen LogP contribution in [0.4, 0.5) is 0 Å². The SMILES string of the molecule is CNS(=O)(=O)c1ccc(C(=O)OCC(=O)c2ccc(Cl)cc2)cc1. The Morgan fingerprint density at radius 2 is 1.54 bits per heavy atom. The third kappa shape index (κ3) is 4.41. The predicted molar refractivity (Wildman–Crippen MR) is 88.8 cm³/mol. The standard InChI is InChI=1S/C16H14ClNO5S/c1-18-24(21,22)14-8-4-12(5-9-14)16(20)23-10-15(19)11-2-6-13(17)7-3-11/h2-9,18H,10H2,1H3. The van der Waals surface area contributed by atoms with Gasteiger partial charge in [-0.3, -0.25) is 4.79 Å². The predicted octanol–water partition coefficient (Wildman–Crippen LogP) is 2.29. The van der Waals surface area contributed by atoms with Crippen molar-refractivity contribution in [3.05, 3.63) is 64.7 Å². The number of ether oxygens (including phenoxy) is 1. The second kappa shape index (κ2) is 7.57. The number of hydrogen-bond acceptors (Lipinski definition) is 5. The van der Waals surface area contributed by atoms with Crippen molar-refractivity contribution in [2.24, 2.45) is 0 Å². The largest absolute Gasteiger partial charge is 0.454 e. The molecule has 2 aromatic rings. The molecule has 0 heterocycles. The van der Waals surface area contributed by atoms with Crippen molar-refractivity contribution < 1.29 is 22.7 Å². The number of ketones is 1. The van der Waals surface area contributed by atoms with Crippen molar-refractivity contribution in [1.29, 1.82) is 0 Å². The van der Waals surface area contributed by atoms with E-state index < -0.39 is 22.6 Å². The molecule has 8 heteroatoms. The highest BCUT2D eigenvalue weighted by atomic mass is 35.5. The summed E-state index contributed by atoms with van der Waals surface area (Å²) in [7, 11) is -2.28. The van der Waals surface area contributed by atoms with Gasteiger partial charge in [-0.25, -0.2) is 17.9 Å². The topological polar surface area (TPSA) is 89.5 Å². The molecule has 0 aliphatic carbocycles.